The molecule has 32 heavy (non-hydrogen) atoms. The molecule has 0 aliphatic rings. The van der Waals surface area contributed by atoms with E-state index in [0.29, 0.717) is 32.6 Å². The standard InChI is InChI=1S/C21H16N2O7S2/c24-13(9-27-18(25)11-31-20-22-14-5-1-3-7-16(14)29-20)10-28-19(26)12-32-21-23-15-6-2-4-8-17(15)30-21/h1-8H,9-12H2. The molecule has 0 atom stereocenters. The minimum atomic E-state index is -0.608. The van der Waals surface area contributed by atoms with Gasteiger partial charge in [0, 0.05) is 0 Å². The molecule has 0 radical (unpaired) electrons. The van der Waals surface area contributed by atoms with Gasteiger partial charge in [-0.05, 0) is 24.3 Å². The smallest absolute Gasteiger partial charge is 0.316 e. The average molecular weight is 473 g/mol. The van der Waals surface area contributed by atoms with Gasteiger partial charge in [-0.15, -0.1) is 0 Å². The summed E-state index contributed by atoms with van der Waals surface area (Å²) in [5.74, 6) is -1.89. The van der Waals surface area contributed by atoms with Crippen LogP contribution in [-0.4, -0.2) is 52.4 Å². The third kappa shape index (κ3) is 5.89. The minimum Gasteiger partial charge on any atom is -0.457 e. The molecule has 0 amide bonds. The number of Topliss-reactive ketones (excluding diaryl/α,β-unsaturated/α-hetero) is 1. The maximum Gasteiger partial charge on any atom is 0.316 e. The highest BCUT2D eigenvalue weighted by Crippen LogP contribution is 2.24. The molecule has 0 bridgehead atoms. The number of carbonyl (C=O) groups is 3. The molecule has 4 rings (SSSR count). The van der Waals surface area contributed by atoms with Gasteiger partial charge in [-0.25, -0.2) is 9.97 Å². The zero-order valence-corrected chi connectivity index (χ0v) is 18.1. The molecule has 4 aromatic rings. The van der Waals surface area contributed by atoms with E-state index < -0.39 is 30.9 Å². The third-order valence-corrected chi connectivity index (χ3v) is 5.57. The van der Waals surface area contributed by atoms with Gasteiger partial charge in [0.05, 0.1) is 0 Å². The van der Waals surface area contributed by atoms with Crippen LogP contribution in [0.3, 0.4) is 0 Å². The molecule has 0 spiro atoms. The predicted molar refractivity (Wildman–Crippen MR) is 116 cm³/mol. The van der Waals surface area contributed by atoms with E-state index in [1.165, 1.54) is 0 Å². The number of para-hydroxylation sites is 4. The third-order valence-electron chi connectivity index (χ3n) is 3.96. The Balaban J connectivity index is 1.12. The second kappa shape index (κ2) is 10.3. The van der Waals surface area contributed by atoms with Gasteiger partial charge in [0.25, 0.3) is 10.4 Å². The lowest BCUT2D eigenvalue weighted by atomic mass is 10.3. The number of carbonyl (C=O) groups excluding carboxylic acids is 3. The number of hydrogen-bond donors (Lipinski definition) is 0. The summed E-state index contributed by atoms with van der Waals surface area (Å²) in [6.07, 6.45) is 0. The first kappa shape index (κ1) is 21.9. The zero-order valence-electron chi connectivity index (χ0n) is 16.5. The summed E-state index contributed by atoms with van der Waals surface area (Å²) < 4.78 is 20.8. The van der Waals surface area contributed by atoms with Crippen LogP contribution in [0, 0.1) is 0 Å². The number of aromatic nitrogens is 2. The van der Waals surface area contributed by atoms with Crippen molar-refractivity contribution in [2.75, 3.05) is 24.7 Å². The van der Waals surface area contributed by atoms with Gasteiger partial charge in [-0.3, -0.25) is 14.4 Å². The summed E-state index contributed by atoms with van der Waals surface area (Å²) in [7, 11) is 0. The van der Waals surface area contributed by atoms with Gasteiger partial charge >= 0.3 is 11.9 Å². The number of fused-ring (bicyclic) bond motifs is 2. The average Bonchev–Trinajstić information content (AvgIpc) is 3.41. The van der Waals surface area contributed by atoms with Crippen molar-refractivity contribution in [2.45, 2.75) is 10.4 Å². The summed E-state index contributed by atoms with van der Waals surface area (Å²) in [6.45, 7) is -0.975. The van der Waals surface area contributed by atoms with E-state index in [0.717, 1.165) is 23.5 Å². The van der Waals surface area contributed by atoms with Gasteiger partial charge in [-0.2, -0.15) is 0 Å². The number of ketones is 1. The number of benzene rings is 2. The summed E-state index contributed by atoms with van der Waals surface area (Å²) in [5.41, 5.74) is 2.62. The number of nitrogens with zero attached hydrogens (tertiary/aromatic N) is 2. The number of oxazole rings is 2. The Morgan fingerprint density at radius 3 is 1.59 bits per heavy atom. The summed E-state index contributed by atoms with van der Waals surface area (Å²) in [6, 6.07) is 14.5. The Bertz CT molecular complexity index is 1110. The Labute approximate surface area is 189 Å². The SMILES string of the molecule is O=C(COC(=O)CSc1nc2ccccc2o1)COC(=O)CSc1nc2ccccc2o1. The molecule has 2 aromatic heterocycles. The first-order chi connectivity index (χ1) is 15.6. The first-order valence-electron chi connectivity index (χ1n) is 9.36. The van der Waals surface area contributed by atoms with E-state index in [2.05, 4.69) is 9.97 Å². The van der Waals surface area contributed by atoms with Gasteiger partial charge in [0.15, 0.2) is 24.4 Å². The van der Waals surface area contributed by atoms with Crippen LogP contribution < -0.4 is 0 Å². The molecule has 0 N–H and O–H groups in total. The molecule has 0 saturated carbocycles. The van der Waals surface area contributed by atoms with E-state index in [9.17, 15) is 14.4 Å². The van der Waals surface area contributed by atoms with Crippen LogP contribution in [-0.2, 0) is 23.9 Å². The van der Waals surface area contributed by atoms with Crippen molar-refractivity contribution in [3.8, 4) is 0 Å². The van der Waals surface area contributed by atoms with E-state index in [1.54, 1.807) is 24.3 Å². The van der Waals surface area contributed by atoms with Crippen molar-refractivity contribution in [1.82, 2.24) is 9.97 Å². The van der Waals surface area contributed by atoms with Gasteiger partial charge in [0.2, 0.25) is 5.78 Å². The molecule has 0 fully saturated rings. The Hall–Kier alpha value is -3.31. The van der Waals surface area contributed by atoms with Crippen molar-refractivity contribution in [3.05, 3.63) is 48.5 Å². The van der Waals surface area contributed by atoms with Crippen LogP contribution in [0.5, 0.6) is 0 Å². The molecule has 2 aromatic carbocycles. The summed E-state index contributed by atoms with van der Waals surface area (Å²) in [5, 5.41) is 0.666. The lowest BCUT2D eigenvalue weighted by Crippen LogP contribution is -2.21. The van der Waals surface area contributed by atoms with E-state index in [-0.39, 0.29) is 11.5 Å². The molecule has 0 aliphatic carbocycles. The maximum absolute atomic E-state index is 11.8. The van der Waals surface area contributed by atoms with Crippen LogP contribution in [0.4, 0.5) is 0 Å². The molecule has 0 unspecified atom stereocenters. The monoisotopic (exact) mass is 472 g/mol. The van der Waals surface area contributed by atoms with Gasteiger partial charge < -0.3 is 18.3 Å². The van der Waals surface area contributed by atoms with Crippen LogP contribution in [0.25, 0.3) is 22.2 Å². The number of thioether (sulfide) groups is 2. The topological polar surface area (TPSA) is 122 Å². The van der Waals surface area contributed by atoms with Crippen LogP contribution in [0.15, 0.2) is 67.8 Å². The molecule has 9 nitrogen and oxygen atoms in total. The fourth-order valence-corrected chi connectivity index (χ4v) is 3.79. The predicted octanol–water partition coefficient (Wildman–Crippen LogP) is 3.51. The fourth-order valence-electron chi connectivity index (χ4n) is 2.51. The van der Waals surface area contributed by atoms with Crippen LogP contribution in [0.2, 0.25) is 0 Å². The maximum atomic E-state index is 11.8. The second-order valence-electron chi connectivity index (χ2n) is 6.33. The van der Waals surface area contributed by atoms with E-state index >= 15 is 0 Å². The van der Waals surface area contributed by atoms with Gasteiger partial charge in [0.1, 0.15) is 22.5 Å². The van der Waals surface area contributed by atoms with Crippen molar-refractivity contribution in [1.29, 1.82) is 0 Å². The molecular weight excluding hydrogens is 456 g/mol. The second-order valence-corrected chi connectivity index (χ2v) is 8.19. The van der Waals surface area contributed by atoms with Crippen LogP contribution in [0.1, 0.15) is 0 Å². The summed E-state index contributed by atoms with van der Waals surface area (Å²) >= 11 is 2.13. The summed E-state index contributed by atoms with van der Waals surface area (Å²) in [4.78, 5) is 43.9. The number of esters is 2. The van der Waals surface area contributed by atoms with E-state index in [1.807, 2.05) is 24.3 Å². The lowest BCUT2D eigenvalue weighted by molar-refractivity contribution is -0.150. The number of hydrogen-bond acceptors (Lipinski definition) is 11. The van der Waals surface area contributed by atoms with Crippen LogP contribution >= 0.6 is 23.5 Å². The quantitative estimate of drug-likeness (QED) is 0.249. The highest BCUT2D eigenvalue weighted by atomic mass is 32.2. The molecule has 0 aliphatic heterocycles. The van der Waals surface area contributed by atoms with Crippen molar-refractivity contribution < 1.29 is 32.7 Å². The van der Waals surface area contributed by atoms with Crippen molar-refractivity contribution >= 4 is 63.4 Å². The lowest BCUT2D eigenvalue weighted by Gasteiger charge is -2.04. The molecular formula is C21H16N2O7S2. The highest BCUT2D eigenvalue weighted by molar-refractivity contribution is 7.99. The Morgan fingerprint density at radius 1 is 0.719 bits per heavy atom. The minimum absolute atomic E-state index is 0.0684. The van der Waals surface area contributed by atoms with E-state index in [4.69, 9.17) is 18.3 Å². The van der Waals surface area contributed by atoms with Crippen molar-refractivity contribution in [3.63, 3.8) is 0 Å². The highest BCUT2D eigenvalue weighted by Gasteiger charge is 2.14. The number of ether oxygens (including phenoxy) is 2. The largest absolute Gasteiger partial charge is 0.457 e. The zero-order chi connectivity index (χ0) is 22.3. The first-order valence-corrected chi connectivity index (χ1v) is 11.3. The molecule has 0 saturated heterocycles. The van der Waals surface area contributed by atoms with Crippen molar-refractivity contribution in [2.24, 2.45) is 0 Å². The fraction of sp³-hybridized carbons (Fsp3) is 0.190. The Kier molecular flexibility index (Phi) is 7.07. The molecule has 11 heteroatoms. The molecule has 164 valence electrons. The van der Waals surface area contributed by atoms with Gasteiger partial charge in [-0.1, -0.05) is 47.8 Å². The molecule has 2 heterocycles. The number of rotatable bonds is 10. The Morgan fingerprint density at radius 2 is 1.16 bits per heavy atom. The normalized spacial score (nSPS) is 11.0.